The highest BCUT2D eigenvalue weighted by atomic mass is 19.1. The molecule has 0 radical (unpaired) electrons. The molecule has 1 aromatic carbocycles. The normalized spacial score (nSPS) is 12.4. The van der Waals surface area contributed by atoms with E-state index in [4.69, 9.17) is 5.73 Å². The van der Waals surface area contributed by atoms with Gasteiger partial charge in [-0.25, -0.2) is 14.4 Å². The molecule has 106 valence electrons. The molecule has 2 rings (SSSR count). The molecule has 1 atom stereocenters. The van der Waals surface area contributed by atoms with Gasteiger partial charge in [-0.2, -0.15) is 0 Å². The third-order valence-electron chi connectivity index (χ3n) is 2.99. The molecule has 0 fully saturated rings. The fraction of sp³-hybridized carbons (Fsp3) is 0.333. The van der Waals surface area contributed by atoms with Gasteiger partial charge in [-0.1, -0.05) is 26.0 Å². The minimum atomic E-state index is -0.249. The molecular weight excluding hydrogens is 255 g/mol. The van der Waals surface area contributed by atoms with Crippen LogP contribution < -0.4 is 11.1 Å². The van der Waals surface area contributed by atoms with Gasteiger partial charge in [-0.05, 0) is 24.6 Å². The van der Waals surface area contributed by atoms with Crippen LogP contribution in [0.25, 0.3) is 0 Å². The van der Waals surface area contributed by atoms with Crippen LogP contribution >= 0.6 is 0 Å². The van der Waals surface area contributed by atoms with Crippen LogP contribution in [-0.4, -0.2) is 9.97 Å². The minimum Gasteiger partial charge on any atom is -0.384 e. The van der Waals surface area contributed by atoms with Crippen LogP contribution in [0.1, 0.15) is 44.1 Å². The predicted octanol–water partition coefficient (Wildman–Crippen LogP) is 3.49. The highest BCUT2D eigenvalue weighted by Gasteiger charge is 2.10. The van der Waals surface area contributed by atoms with Gasteiger partial charge < -0.3 is 11.1 Å². The molecule has 0 aliphatic rings. The molecule has 4 nitrogen and oxygen atoms in total. The number of nitrogens with two attached hydrogens (primary N) is 1. The second-order valence-corrected chi connectivity index (χ2v) is 5.11. The quantitative estimate of drug-likeness (QED) is 0.895. The largest absolute Gasteiger partial charge is 0.384 e. The molecule has 0 saturated carbocycles. The van der Waals surface area contributed by atoms with E-state index in [1.165, 1.54) is 12.1 Å². The summed E-state index contributed by atoms with van der Waals surface area (Å²) in [6.45, 7) is 5.96. The first-order chi connectivity index (χ1) is 9.45. The van der Waals surface area contributed by atoms with Gasteiger partial charge in [-0.3, -0.25) is 0 Å². The molecule has 2 aromatic rings. The molecule has 3 N–H and O–H groups in total. The summed E-state index contributed by atoms with van der Waals surface area (Å²) in [4.78, 5) is 8.62. The summed E-state index contributed by atoms with van der Waals surface area (Å²) in [6.07, 6.45) is 0. The summed E-state index contributed by atoms with van der Waals surface area (Å²) >= 11 is 0. The number of anilines is 2. The maximum absolute atomic E-state index is 13.2. The zero-order chi connectivity index (χ0) is 14.7. The molecule has 0 aliphatic carbocycles. The van der Waals surface area contributed by atoms with Crippen molar-refractivity contribution in [3.63, 3.8) is 0 Å². The second-order valence-electron chi connectivity index (χ2n) is 5.11. The highest BCUT2D eigenvalue weighted by molar-refractivity contribution is 5.46. The highest BCUT2D eigenvalue weighted by Crippen LogP contribution is 2.21. The average molecular weight is 274 g/mol. The zero-order valence-electron chi connectivity index (χ0n) is 11.9. The van der Waals surface area contributed by atoms with Gasteiger partial charge in [0.25, 0.3) is 0 Å². The van der Waals surface area contributed by atoms with Crippen LogP contribution in [0, 0.1) is 5.82 Å². The monoisotopic (exact) mass is 274 g/mol. The van der Waals surface area contributed by atoms with Gasteiger partial charge in [0.05, 0.1) is 6.04 Å². The smallest absolute Gasteiger partial charge is 0.135 e. The Balaban J connectivity index is 2.21. The van der Waals surface area contributed by atoms with Crippen molar-refractivity contribution in [2.24, 2.45) is 0 Å². The molecule has 1 aromatic heterocycles. The van der Waals surface area contributed by atoms with Gasteiger partial charge >= 0.3 is 0 Å². The number of hydrogen-bond donors (Lipinski definition) is 2. The molecule has 1 heterocycles. The Hall–Kier alpha value is -2.17. The van der Waals surface area contributed by atoms with Gasteiger partial charge in [0.1, 0.15) is 23.3 Å². The number of nitrogens with zero attached hydrogens (tertiary/aromatic N) is 2. The standard InChI is InChI=1S/C15H19FN4/c1-9(2)15-19-13(17)8-14(20-15)18-10(3)11-5-4-6-12(16)7-11/h4-10H,1-3H3,(H3,17,18,19,20). The fourth-order valence-corrected chi connectivity index (χ4v) is 1.90. The maximum atomic E-state index is 13.2. The number of aromatic nitrogens is 2. The Bertz CT molecular complexity index is 598. The molecule has 0 bridgehead atoms. The molecule has 0 spiro atoms. The second kappa shape index (κ2) is 5.86. The van der Waals surface area contributed by atoms with Crippen LogP contribution in [0.4, 0.5) is 16.0 Å². The summed E-state index contributed by atoms with van der Waals surface area (Å²) in [7, 11) is 0. The van der Waals surface area contributed by atoms with Crippen molar-refractivity contribution < 1.29 is 4.39 Å². The van der Waals surface area contributed by atoms with E-state index in [-0.39, 0.29) is 17.8 Å². The average Bonchev–Trinajstić information content (AvgIpc) is 2.37. The topological polar surface area (TPSA) is 63.8 Å². The van der Waals surface area contributed by atoms with Crippen LogP contribution in [0.15, 0.2) is 30.3 Å². The summed E-state index contributed by atoms with van der Waals surface area (Å²) < 4.78 is 13.2. The van der Waals surface area contributed by atoms with E-state index < -0.39 is 0 Å². The van der Waals surface area contributed by atoms with Crippen LogP contribution in [-0.2, 0) is 0 Å². The first-order valence-corrected chi connectivity index (χ1v) is 6.62. The van der Waals surface area contributed by atoms with Crippen molar-refractivity contribution in [2.75, 3.05) is 11.1 Å². The minimum absolute atomic E-state index is 0.0694. The number of nitrogen functional groups attached to an aromatic ring is 1. The summed E-state index contributed by atoms with van der Waals surface area (Å²) in [5, 5.41) is 3.22. The molecular formula is C15H19FN4. The Labute approximate surface area is 118 Å². The van der Waals surface area contributed by atoms with Crippen molar-refractivity contribution in [1.29, 1.82) is 0 Å². The zero-order valence-corrected chi connectivity index (χ0v) is 11.9. The van der Waals surface area contributed by atoms with Crippen molar-refractivity contribution in [3.8, 4) is 0 Å². The van der Waals surface area contributed by atoms with E-state index in [1.54, 1.807) is 12.1 Å². The van der Waals surface area contributed by atoms with Crippen molar-refractivity contribution in [3.05, 3.63) is 47.5 Å². The molecule has 0 amide bonds. The number of benzene rings is 1. The lowest BCUT2D eigenvalue weighted by Crippen LogP contribution is -2.11. The van der Waals surface area contributed by atoms with Gasteiger partial charge in [-0.15, -0.1) is 0 Å². The number of hydrogen-bond acceptors (Lipinski definition) is 4. The lowest BCUT2D eigenvalue weighted by Gasteiger charge is -2.16. The number of halogens is 1. The number of nitrogens with one attached hydrogen (secondary N) is 1. The Morgan fingerprint density at radius 3 is 2.55 bits per heavy atom. The number of rotatable bonds is 4. The third-order valence-corrected chi connectivity index (χ3v) is 2.99. The summed E-state index contributed by atoms with van der Waals surface area (Å²) in [5.41, 5.74) is 6.64. The third kappa shape index (κ3) is 3.44. The van der Waals surface area contributed by atoms with Crippen LogP contribution in [0.2, 0.25) is 0 Å². The van der Waals surface area contributed by atoms with E-state index in [2.05, 4.69) is 15.3 Å². The Morgan fingerprint density at radius 2 is 1.90 bits per heavy atom. The molecule has 0 aliphatic heterocycles. The first-order valence-electron chi connectivity index (χ1n) is 6.62. The van der Waals surface area contributed by atoms with Crippen molar-refractivity contribution >= 4 is 11.6 Å². The van der Waals surface area contributed by atoms with Crippen LogP contribution in [0.5, 0.6) is 0 Å². The van der Waals surface area contributed by atoms with E-state index in [0.29, 0.717) is 17.5 Å². The summed E-state index contributed by atoms with van der Waals surface area (Å²) in [5.74, 6) is 1.72. The Morgan fingerprint density at radius 1 is 1.15 bits per heavy atom. The molecule has 1 unspecified atom stereocenters. The molecule has 20 heavy (non-hydrogen) atoms. The molecule has 5 heteroatoms. The van der Waals surface area contributed by atoms with Gasteiger partial charge in [0.15, 0.2) is 0 Å². The predicted molar refractivity (Wildman–Crippen MR) is 79.0 cm³/mol. The lowest BCUT2D eigenvalue weighted by molar-refractivity contribution is 0.623. The Kier molecular flexibility index (Phi) is 4.17. The van der Waals surface area contributed by atoms with Crippen LogP contribution in [0.3, 0.4) is 0 Å². The van der Waals surface area contributed by atoms with E-state index in [9.17, 15) is 4.39 Å². The lowest BCUT2D eigenvalue weighted by atomic mass is 10.1. The van der Waals surface area contributed by atoms with Crippen molar-refractivity contribution in [1.82, 2.24) is 9.97 Å². The first kappa shape index (κ1) is 14.2. The van der Waals surface area contributed by atoms with Gasteiger partial charge in [0.2, 0.25) is 0 Å². The van der Waals surface area contributed by atoms with Crippen molar-refractivity contribution in [2.45, 2.75) is 32.7 Å². The van der Waals surface area contributed by atoms with E-state index in [0.717, 1.165) is 5.56 Å². The molecule has 0 saturated heterocycles. The maximum Gasteiger partial charge on any atom is 0.135 e. The fourth-order valence-electron chi connectivity index (χ4n) is 1.90. The van der Waals surface area contributed by atoms with Gasteiger partial charge in [0, 0.05) is 12.0 Å². The van der Waals surface area contributed by atoms with E-state index >= 15 is 0 Å². The van der Waals surface area contributed by atoms with E-state index in [1.807, 2.05) is 26.8 Å². The SMILES string of the molecule is CC(C)c1nc(N)cc(NC(C)c2cccc(F)c2)n1. The summed E-state index contributed by atoms with van der Waals surface area (Å²) in [6, 6.07) is 8.11.